The van der Waals surface area contributed by atoms with Crippen molar-refractivity contribution in [2.45, 2.75) is 18.2 Å². The van der Waals surface area contributed by atoms with Crippen LogP contribution in [0.1, 0.15) is 13.3 Å². The predicted molar refractivity (Wildman–Crippen MR) is 99.8 cm³/mol. The summed E-state index contributed by atoms with van der Waals surface area (Å²) in [7, 11) is -3.57. The molecule has 1 aromatic carbocycles. The van der Waals surface area contributed by atoms with E-state index in [2.05, 4.69) is 21.2 Å². The Hall–Kier alpha value is -1.45. The van der Waals surface area contributed by atoms with Gasteiger partial charge in [-0.3, -0.25) is 9.59 Å². The van der Waals surface area contributed by atoms with Crippen LogP contribution in [0, 0.1) is 11.8 Å². The molecule has 1 N–H and O–H groups in total. The number of piperazine rings is 1. The lowest BCUT2D eigenvalue weighted by atomic mass is 10.3. The number of nitrogens with one attached hydrogen (secondary N) is 1. The van der Waals surface area contributed by atoms with E-state index in [0.717, 1.165) is 6.42 Å². The number of sulfonamides is 1. The second kappa shape index (κ2) is 7.66. The first-order valence-electron chi connectivity index (χ1n) is 8.60. The Morgan fingerprint density at radius 1 is 1.23 bits per heavy atom. The predicted octanol–water partition coefficient (Wildman–Crippen LogP) is 1.05. The van der Waals surface area contributed by atoms with Gasteiger partial charge in [-0.05, 0) is 30.5 Å². The SMILES string of the molecule is C[C@H]1C[C@H]1C(=O)NCC(=O)N1CCN(S(=O)(=O)c2cccc(Br)c2)CC1. The van der Waals surface area contributed by atoms with E-state index in [1.165, 1.54) is 4.31 Å². The lowest BCUT2D eigenvalue weighted by molar-refractivity contribution is -0.134. The van der Waals surface area contributed by atoms with Crippen molar-refractivity contribution in [3.05, 3.63) is 28.7 Å². The van der Waals surface area contributed by atoms with Crippen molar-refractivity contribution in [2.24, 2.45) is 11.8 Å². The number of halogens is 1. The van der Waals surface area contributed by atoms with Crippen LogP contribution in [-0.2, 0) is 19.6 Å². The van der Waals surface area contributed by atoms with Gasteiger partial charge in [-0.25, -0.2) is 8.42 Å². The van der Waals surface area contributed by atoms with Crippen molar-refractivity contribution in [3.63, 3.8) is 0 Å². The van der Waals surface area contributed by atoms with Gasteiger partial charge in [0.05, 0.1) is 11.4 Å². The van der Waals surface area contributed by atoms with E-state index in [4.69, 9.17) is 0 Å². The van der Waals surface area contributed by atoms with Gasteiger partial charge in [0.25, 0.3) is 0 Å². The topological polar surface area (TPSA) is 86.8 Å². The first-order valence-corrected chi connectivity index (χ1v) is 10.8. The molecule has 1 aliphatic heterocycles. The lowest BCUT2D eigenvalue weighted by Crippen LogP contribution is -2.52. The van der Waals surface area contributed by atoms with Crippen molar-refractivity contribution < 1.29 is 18.0 Å². The third-order valence-corrected chi connectivity index (χ3v) is 7.27. The highest BCUT2D eigenvalue weighted by atomic mass is 79.9. The third-order valence-electron chi connectivity index (χ3n) is 4.89. The fraction of sp³-hybridized carbons (Fsp3) is 0.529. The monoisotopic (exact) mass is 443 g/mol. The largest absolute Gasteiger partial charge is 0.347 e. The maximum Gasteiger partial charge on any atom is 0.243 e. The van der Waals surface area contributed by atoms with Crippen LogP contribution in [0.5, 0.6) is 0 Å². The Balaban J connectivity index is 1.52. The van der Waals surface area contributed by atoms with E-state index in [1.54, 1.807) is 29.2 Å². The van der Waals surface area contributed by atoms with E-state index in [0.29, 0.717) is 23.5 Å². The number of hydrogen-bond acceptors (Lipinski definition) is 4. The molecule has 3 rings (SSSR count). The number of rotatable bonds is 5. The number of nitrogens with zero attached hydrogens (tertiary/aromatic N) is 2. The molecule has 0 radical (unpaired) electrons. The Bertz CT molecular complexity index is 806. The quantitative estimate of drug-likeness (QED) is 0.736. The number of carbonyl (C=O) groups excluding carboxylic acids is 2. The van der Waals surface area contributed by atoms with Gasteiger partial charge in [-0.1, -0.05) is 28.9 Å². The second-order valence-electron chi connectivity index (χ2n) is 6.78. The highest BCUT2D eigenvalue weighted by molar-refractivity contribution is 9.10. The molecule has 0 spiro atoms. The minimum absolute atomic E-state index is 0.0273. The zero-order chi connectivity index (χ0) is 18.9. The van der Waals surface area contributed by atoms with E-state index < -0.39 is 10.0 Å². The molecule has 7 nitrogen and oxygen atoms in total. The van der Waals surface area contributed by atoms with Crippen molar-refractivity contribution in [3.8, 4) is 0 Å². The Morgan fingerprint density at radius 2 is 1.88 bits per heavy atom. The first kappa shape index (κ1) is 19.3. The molecule has 2 aliphatic rings. The maximum atomic E-state index is 12.7. The minimum Gasteiger partial charge on any atom is -0.347 e. The van der Waals surface area contributed by atoms with E-state index in [9.17, 15) is 18.0 Å². The summed E-state index contributed by atoms with van der Waals surface area (Å²) < 4.78 is 27.5. The summed E-state index contributed by atoms with van der Waals surface area (Å²) >= 11 is 3.28. The molecule has 2 atom stereocenters. The average Bonchev–Trinajstić information content (AvgIpc) is 3.36. The summed E-state index contributed by atoms with van der Waals surface area (Å²) in [5.74, 6) is 0.194. The highest BCUT2D eigenvalue weighted by Crippen LogP contribution is 2.37. The van der Waals surface area contributed by atoms with Crippen LogP contribution in [0.25, 0.3) is 0 Å². The molecule has 1 heterocycles. The van der Waals surface area contributed by atoms with Gasteiger partial charge in [0.2, 0.25) is 21.8 Å². The third kappa shape index (κ3) is 4.27. The van der Waals surface area contributed by atoms with Crippen LogP contribution < -0.4 is 5.32 Å². The summed E-state index contributed by atoms with van der Waals surface area (Å²) in [6.45, 7) is 3.11. The molecule has 2 fully saturated rings. The summed E-state index contributed by atoms with van der Waals surface area (Å²) in [4.78, 5) is 25.9. The second-order valence-corrected chi connectivity index (χ2v) is 9.63. The van der Waals surface area contributed by atoms with Crippen LogP contribution in [0.2, 0.25) is 0 Å². The molecular weight excluding hydrogens is 422 g/mol. The van der Waals surface area contributed by atoms with Gasteiger partial charge in [-0.2, -0.15) is 4.31 Å². The molecule has 1 saturated carbocycles. The fourth-order valence-corrected chi connectivity index (χ4v) is 5.07. The molecular formula is C17H22BrN3O4S. The van der Waals surface area contributed by atoms with Crippen LogP contribution in [0.15, 0.2) is 33.6 Å². The van der Waals surface area contributed by atoms with Crippen LogP contribution in [0.3, 0.4) is 0 Å². The number of hydrogen-bond donors (Lipinski definition) is 1. The van der Waals surface area contributed by atoms with Crippen LogP contribution in [0.4, 0.5) is 0 Å². The van der Waals surface area contributed by atoms with Crippen LogP contribution in [-0.4, -0.2) is 62.2 Å². The molecule has 2 amide bonds. The zero-order valence-electron chi connectivity index (χ0n) is 14.5. The molecule has 26 heavy (non-hydrogen) atoms. The van der Waals surface area contributed by atoms with Gasteiger partial charge in [0, 0.05) is 36.6 Å². The molecule has 0 aromatic heterocycles. The van der Waals surface area contributed by atoms with E-state index in [-0.39, 0.29) is 42.3 Å². The van der Waals surface area contributed by atoms with Crippen molar-refractivity contribution in [1.82, 2.24) is 14.5 Å². The number of benzene rings is 1. The Kier molecular flexibility index (Phi) is 5.69. The van der Waals surface area contributed by atoms with Gasteiger partial charge in [0.15, 0.2) is 0 Å². The highest BCUT2D eigenvalue weighted by Gasteiger charge is 2.39. The van der Waals surface area contributed by atoms with E-state index in [1.807, 2.05) is 6.92 Å². The lowest BCUT2D eigenvalue weighted by Gasteiger charge is -2.34. The van der Waals surface area contributed by atoms with Gasteiger partial charge >= 0.3 is 0 Å². The summed E-state index contributed by atoms with van der Waals surface area (Å²) in [6.07, 6.45) is 0.881. The minimum atomic E-state index is -3.57. The standard InChI is InChI=1S/C17H22BrN3O4S/c1-12-9-15(12)17(23)19-11-16(22)20-5-7-21(8-6-20)26(24,25)14-4-2-3-13(18)10-14/h2-4,10,12,15H,5-9,11H2,1H3,(H,19,23)/t12-,15+/m0/s1. The van der Waals surface area contributed by atoms with Gasteiger partial charge in [0.1, 0.15) is 0 Å². The van der Waals surface area contributed by atoms with Crippen LogP contribution >= 0.6 is 15.9 Å². The molecule has 1 aliphatic carbocycles. The molecule has 0 unspecified atom stereocenters. The van der Waals surface area contributed by atoms with Gasteiger partial charge in [-0.15, -0.1) is 0 Å². The van der Waals surface area contributed by atoms with Crippen molar-refractivity contribution >= 4 is 37.8 Å². The normalized spacial score (nSPS) is 23.5. The molecule has 142 valence electrons. The fourth-order valence-electron chi connectivity index (χ4n) is 3.05. The molecule has 0 bridgehead atoms. The van der Waals surface area contributed by atoms with E-state index >= 15 is 0 Å². The molecule has 1 saturated heterocycles. The van der Waals surface area contributed by atoms with Crippen molar-refractivity contribution in [2.75, 3.05) is 32.7 Å². The van der Waals surface area contributed by atoms with Crippen molar-refractivity contribution in [1.29, 1.82) is 0 Å². The average molecular weight is 444 g/mol. The summed E-state index contributed by atoms with van der Waals surface area (Å²) in [5, 5.41) is 2.68. The summed E-state index contributed by atoms with van der Waals surface area (Å²) in [5.41, 5.74) is 0. The van der Waals surface area contributed by atoms with Gasteiger partial charge < -0.3 is 10.2 Å². The number of carbonyl (C=O) groups is 2. The smallest absolute Gasteiger partial charge is 0.243 e. The maximum absolute atomic E-state index is 12.7. The number of amides is 2. The molecule has 1 aromatic rings. The Labute approximate surface area is 161 Å². The Morgan fingerprint density at radius 3 is 2.46 bits per heavy atom. The zero-order valence-corrected chi connectivity index (χ0v) is 16.9. The first-order chi connectivity index (χ1) is 12.3. The molecule has 9 heteroatoms. The summed E-state index contributed by atoms with van der Waals surface area (Å²) in [6, 6.07) is 6.58.